The molecule has 0 aliphatic rings. The van der Waals surface area contributed by atoms with E-state index in [-0.39, 0.29) is 15.2 Å². The van der Waals surface area contributed by atoms with E-state index in [1.807, 2.05) is 0 Å². The molecule has 15 heavy (non-hydrogen) atoms. The van der Waals surface area contributed by atoms with Gasteiger partial charge in [0, 0.05) is 0 Å². The van der Waals surface area contributed by atoms with Crippen LogP contribution in [0, 0.1) is 0 Å². The van der Waals surface area contributed by atoms with E-state index in [9.17, 15) is 13.6 Å². The van der Waals surface area contributed by atoms with Gasteiger partial charge in [-0.3, -0.25) is 0 Å². The summed E-state index contributed by atoms with van der Waals surface area (Å²) in [5, 5.41) is -0.204. The number of alkyl halides is 2. The van der Waals surface area contributed by atoms with Crippen molar-refractivity contribution in [1.82, 2.24) is 4.98 Å². The second-order valence-corrected chi connectivity index (χ2v) is 3.74. The maximum Gasteiger partial charge on any atom is 0.357 e. The van der Waals surface area contributed by atoms with Gasteiger partial charge < -0.3 is 4.74 Å². The van der Waals surface area contributed by atoms with Crippen molar-refractivity contribution in [3.8, 4) is 0 Å². The molecule has 0 aliphatic carbocycles. The molecule has 3 nitrogen and oxygen atoms in total. The van der Waals surface area contributed by atoms with Gasteiger partial charge in [-0.2, -0.15) is 0 Å². The van der Waals surface area contributed by atoms with Crippen molar-refractivity contribution in [2.24, 2.45) is 0 Å². The largest absolute Gasteiger partial charge is 0.464 e. The molecule has 0 unspecified atom stereocenters. The van der Waals surface area contributed by atoms with Crippen molar-refractivity contribution in [3.05, 3.63) is 26.9 Å². The Morgan fingerprint density at radius 2 is 2.27 bits per heavy atom. The fourth-order valence-electron chi connectivity index (χ4n) is 0.874. The Labute approximate surface area is 97.5 Å². The van der Waals surface area contributed by atoms with Crippen molar-refractivity contribution < 1.29 is 18.3 Å². The van der Waals surface area contributed by atoms with Crippen LogP contribution in [0.25, 0.3) is 0 Å². The molecule has 0 N–H and O–H groups in total. The summed E-state index contributed by atoms with van der Waals surface area (Å²) < 4.78 is 29.4. The number of pyridine rings is 1. The topological polar surface area (TPSA) is 39.2 Å². The second-order valence-electron chi connectivity index (χ2n) is 2.48. The normalized spacial score (nSPS) is 10.5. The Balaban J connectivity index is 3.29. The molecule has 0 spiro atoms. The van der Waals surface area contributed by atoms with E-state index >= 15 is 0 Å². The summed E-state index contributed by atoms with van der Waals surface area (Å²) in [5.74, 6) is -0.805. The van der Waals surface area contributed by atoms with Gasteiger partial charge in [0.05, 0.1) is 16.6 Å². The summed E-state index contributed by atoms with van der Waals surface area (Å²) in [5.41, 5.74) is -0.863. The first-order valence-electron chi connectivity index (χ1n) is 3.69. The van der Waals surface area contributed by atoms with Crippen LogP contribution in [0.4, 0.5) is 8.78 Å². The van der Waals surface area contributed by atoms with Crippen LogP contribution in [0.1, 0.15) is 22.6 Å². The van der Waals surface area contributed by atoms with Gasteiger partial charge in [-0.1, -0.05) is 11.6 Å². The smallest absolute Gasteiger partial charge is 0.357 e. The van der Waals surface area contributed by atoms with E-state index in [1.54, 1.807) is 0 Å². The van der Waals surface area contributed by atoms with E-state index in [1.165, 1.54) is 6.07 Å². The first-order valence-corrected chi connectivity index (χ1v) is 4.87. The summed E-state index contributed by atoms with van der Waals surface area (Å²) in [6.07, 6.45) is -2.84. The number of rotatable bonds is 2. The highest BCUT2D eigenvalue weighted by Gasteiger charge is 2.20. The van der Waals surface area contributed by atoms with Crippen LogP contribution < -0.4 is 0 Å². The maximum absolute atomic E-state index is 12.4. The second kappa shape index (κ2) is 4.85. The first kappa shape index (κ1) is 12.3. The molecule has 0 saturated heterocycles. The molecule has 1 aromatic rings. The molecule has 0 saturated carbocycles. The lowest BCUT2D eigenvalue weighted by molar-refractivity contribution is 0.0591. The highest BCUT2D eigenvalue weighted by molar-refractivity contribution is 9.10. The van der Waals surface area contributed by atoms with Crippen molar-refractivity contribution in [2.45, 2.75) is 6.43 Å². The molecule has 7 heteroatoms. The third kappa shape index (κ3) is 2.63. The number of ether oxygens (including phenoxy) is 1. The highest BCUT2D eigenvalue weighted by Crippen LogP contribution is 2.29. The third-order valence-electron chi connectivity index (χ3n) is 1.54. The van der Waals surface area contributed by atoms with Crippen LogP contribution in [-0.4, -0.2) is 18.1 Å². The summed E-state index contributed by atoms with van der Waals surface area (Å²) in [4.78, 5) is 14.6. The Bertz CT molecular complexity index is 400. The number of methoxy groups -OCH3 is 1. The maximum atomic E-state index is 12.4. The fraction of sp³-hybridized carbons (Fsp3) is 0.250. The fourth-order valence-corrected chi connectivity index (χ4v) is 1.72. The number of hydrogen-bond donors (Lipinski definition) is 0. The van der Waals surface area contributed by atoms with Crippen molar-refractivity contribution in [3.63, 3.8) is 0 Å². The van der Waals surface area contributed by atoms with Crippen LogP contribution >= 0.6 is 27.5 Å². The van der Waals surface area contributed by atoms with Gasteiger partial charge in [-0.25, -0.2) is 18.6 Å². The molecule has 0 aliphatic heterocycles. The van der Waals surface area contributed by atoms with Crippen LogP contribution in [-0.2, 0) is 4.74 Å². The molecule has 1 heterocycles. The quantitative estimate of drug-likeness (QED) is 0.787. The number of carbonyl (C=O) groups is 1. The zero-order valence-corrected chi connectivity index (χ0v) is 9.77. The average molecular weight is 300 g/mol. The summed E-state index contributed by atoms with van der Waals surface area (Å²) in [7, 11) is 1.13. The number of aromatic nitrogens is 1. The molecule has 1 rings (SSSR count). The third-order valence-corrected chi connectivity index (χ3v) is 2.45. The van der Waals surface area contributed by atoms with Gasteiger partial charge in [0.2, 0.25) is 0 Å². The van der Waals surface area contributed by atoms with Crippen molar-refractivity contribution >= 4 is 33.5 Å². The van der Waals surface area contributed by atoms with Crippen LogP contribution in [0.2, 0.25) is 5.02 Å². The Morgan fingerprint density at radius 1 is 1.67 bits per heavy atom. The van der Waals surface area contributed by atoms with Gasteiger partial charge in [0.15, 0.2) is 5.69 Å². The molecular formula is C8H5BrClF2NO2. The highest BCUT2D eigenvalue weighted by atomic mass is 79.9. The van der Waals surface area contributed by atoms with Gasteiger partial charge in [-0.05, 0) is 22.0 Å². The molecule has 0 aromatic carbocycles. The average Bonchev–Trinajstić information content (AvgIpc) is 2.16. The lowest BCUT2D eigenvalue weighted by Crippen LogP contribution is -2.08. The SMILES string of the molecule is COC(=O)c1nc(C(F)F)c(Cl)cc1Br. The van der Waals surface area contributed by atoms with E-state index in [2.05, 4.69) is 25.7 Å². The van der Waals surface area contributed by atoms with Crippen LogP contribution in [0.3, 0.4) is 0 Å². The van der Waals surface area contributed by atoms with Crippen LogP contribution in [0.15, 0.2) is 10.5 Å². The number of hydrogen-bond acceptors (Lipinski definition) is 3. The zero-order valence-electron chi connectivity index (χ0n) is 7.43. The summed E-state index contributed by atoms with van der Waals surface area (Å²) in [6, 6.07) is 1.18. The number of carbonyl (C=O) groups excluding carboxylic acids is 1. The zero-order chi connectivity index (χ0) is 11.6. The first-order chi connectivity index (χ1) is 6.97. The van der Waals surface area contributed by atoms with E-state index in [0.717, 1.165) is 7.11 Å². The molecule has 0 bridgehead atoms. The standard InChI is InChI=1S/C8H5BrClF2NO2/c1-15-8(14)5-3(9)2-4(10)6(13-5)7(11)12/h2,7H,1H3. The monoisotopic (exact) mass is 299 g/mol. The van der Waals surface area contributed by atoms with E-state index in [4.69, 9.17) is 11.6 Å². The summed E-state index contributed by atoms with van der Waals surface area (Å²) in [6.45, 7) is 0. The number of nitrogens with zero attached hydrogens (tertiary/aromatic N) is 1. The van der Waals surface area contributed by atoms with E-state index in [0.29, 0.717) is 0 Å². The lowest BCUT2D eigenvalue weighted by Gasteiger charge is -2.06. The minimum absolute atomic E-state index is 0.204. The minimum atomic E-state index is -2.84. The van der Waals surface area contributed by atoms with Crippen LogP contribution in [0.5, 0.6) is 0 Å². The molecule has 1 aromatic heterocycles. The molecule has 82 valence electrons. The molecule has 0 atom stereocenters. The van der Waals surface area contributed by atoms with Crippen molar-refractivity contribution in [2.75, 3.05) is 7.11 Å². The predicted molar refractivity (Wildman–Crippen MR) is 53.2 cm³/mol. The van der Waals surface area contributed by atoms with Crippen molar-refractivity contribution in [1.29, 1.82) is 0 Å². The number of halogens is 4. The Hall–Kier alpha value is -0.750. The Morgan fingerprint density at radius 3 is 2.73 bits per heavy atom. The Kier molecular flexibility index (Phi) is 3.98. The summed E-state index contributed by atoms with van der Waals surface area (Å²) >= 11 is 8.50. The lowest BCUT2D eigenvalue weighted by atomic mass is 10.3. The predicted octanol–water partition coefficient (Wildman–Crippen LogP) is 3.22. The van der Waals surface area contributed by atoms with Gasteiger partial charge in [0.1, 0.15) is 5.69 Å². The molecule has 0 fully saturated rings. The van der Waals surface area contributed by atoms with Gasteiger partial charge >= 0.3 is 5.97 Å². The number of esters is 1. The minimum Gasteiger partial charge on any atom is -0.464 e. The van der Waals surface area contributed by atoms with E-state index < -0.39 is 18.1 Å². The van der Waals surface area contributed by atoms with Gasteiger partial charge in [-0.15, -0.1) is 0 Å². The van der Waals surface area contributed by atoms with Gasteiger partial charge in [0.25, 0.3) is 6.43 Å². The molecular weight excluding hydrogens is 295 g/mol. The molecule has 0 radical (unpaired) electrons. The molecule has 0 amide bonds.